The van der Waals surface area contributed by atoms with E-state index < -0.39 is 23.6 Å². The lowest BCUT2D eigenvalue weighted by molar-refractivity contribution is -0.124. The van der Waals surface area contributed by atoms with Crippen LogP contribution in [0.25, 0.3) is 88.6 Å². The van der Waals surface area contributed by atoms with Crippen molar-refractivity contribution in [2.45, 2.75) is 297 Å². The second-order valence-electron chi connectivity index (χ2n) is 42.9. The number of hydrogen-bond donors (Lipinski definition) is 6. The van der Waals surface area contributed by atoms with Gasteiger partial charge in [0.15, 0.2) is 17.5 Å². The van der Waals surface area contributed by atoms with Crippen LogP contribution in [0.15, 0.2) is 104 Å². The highest BCUT2D eigenvalue weighted by Crippen LogP contribution is 2.47. The number of amides is 5. The van der Waals surface area contributed by atoms with Gasteiger partial charge in [-0.15, -0.1) is 0 Å². The maximum atomic E-state index is 15.2. The van der Waals surface area contributed by atoms with Crippen molar-refractivity contribution in [2.75, 3.05) is 21.3 Å². The molecule has 142 heavy (non-hydrogen) atoms. The van der Waals surface area contributed by atoms with Gasteiger partial charge >= 0.3 is 0 Å². The van der Waals surface area contributed by atoms with Gasteiger partial charge in [0.1, 0.15) is 80.5 Å². The third kappa shape index (κ3) is 22.3. The number of hydrogen-bond acceptors (Lipinski definition) is 17. The normalized spacial score (nSPS) is 21.2. The lowest BCUT2D eigenvalue weighted by Gasteiger charge is -2.28. The van der Waals surface area contributed by atoms with Crippen molar-refractivity contribution in [1.29, 1.82) is 0 Å². The van der Waals surface area contributed by atoms with E-state index in [1.54, 1.807) is 38.2 Å². The fraction of sp³-hybridized carbons (Fsp3) is 0.486. The molecule has 4 aromatic carbocycles. The summed E-state index contributed by atoms with van der Waals surface area (Å²) in [6, 6.07) is 23.2. The van der Waals surface area contributed by atoms with Gasteiger partial charge in [-0.2, -0.15) is 0 Å². The molecule has 8 aromatic heterocycles. The van der Waals surface area contributed by atoms with Crippen molar-refractivity contribution in [2.24, 2.45) is 41.4 Å². The van der Waals surface area contributed by atoms with E-state index >= 15 is 13.2 Å². The number of aliphatic hydroxyl groups is 1. The van der Waals surface area contributed by atoms with Gasteiger partial charge in [-0.05, 0) is 285 Å². The van der Waals surface area contributed by atoms with E-state index in [1.807, 2.05) is 43.3 Å². The average Bonchev–Trinajstić information content (AvgIpc) is 1.59. The zero-order chi connectivity index (χ0) is 101. The van der Waals surface area contributed by atoms with Crippen LogP contribution in [0, 0.1) is 58.9 Å². The maximum absolute atomic E-state index is 15.2. The number of anilines is 4. The zero-order valence-electron chi connectivity index (χ0n) is 82.5. The number of aromatic nitrogens is 12. The number of aliphatic hydroxyl groups excluding tert-OH is 1. The number of rotatable bonds is 22. The highest BCUT2D eigenvalue weighted by Gasteiger charge is 2.41. The van der Waals surface area contributed by atoms with Crippen LogP contribution >= 0.6 is 46.4 Å². The third-order valence-electron chi connectivity index (χ3n) is 30.2. The molecule has 12 heterocycles. The van der Waals surface area contributed by atoms with Gasteiger partial charge in [-0.1, -0.05) is 78.7 Å². The fourth-order valence-corrected chi connectivity index (χ4v) is 23.9. The maximum Gasteiger partial charge on any atom is 0.228 e. The summed E-state index contributed by atoms with van der Waals surface area (Å²) in [5.74, 6) is 4.11. The molecule has 4 aliphatic carbocycles. The number of fused-ring (bicyclic) bond motifs is 12. The van der Waals surface area contributed by atoms with Gasteiger partial charge in [0.05, 0.1) is 53.8 Å². The quantitative estimate of drug-likeness (QED) is 0.0367. The number of benzene rings is 4. The van der Waals surface area contributed by atoms with Gasteiger partial charge in [0, 0.05) is 164 Å². The van der Waals surface area contributed by atoms with Crippen LogP contribution in [0.1, 0.15) is 260 Å². The first-order chi connectivity index (χ1) is 67.5. The summed E-state index contributed by atoms with van der Waals surface area (Å²) in [4.78, 5) is 134. The smallest absolute Gasteiger partial charge is 0.228 e. The molecule has 4 aliphatic heterocycles. The number of nitrogens with zero attached hydrogens (tertiary/aromatic N) is 12. The predicted molar refractivity (Wildman–Crippen MR) is 549 cm³/mol. The van der Waals surface area contributed by atoms with E-state index in [4.69, 9.17) is 51.4 Å². The lowest BCUT2D eigenvalue weighted by Crippen LogP contribution is -2.31. The molecule has 9 atom stereocenters. The summed E-state index contributed by atoms with van der Waals surface area (Å²) in [5.41, 5.74) is 10.4. The molecule has 1 unspecified atom stereocenters. The van der Waals surface area contributed by atoms with E-state index in [2.05, 4.69) is 141 Å². The number of imidazole rings is 4. The fourth-order valence-electron chi connectivity index (χ4n) is 23.0. The van der Waals surface area contributed by atoms with Crippen molar-refractivity contribution in [3.05, 3.63) is 164 Å². The molecule has 33 heteroatoms. The SMILES string of the molecule is CC(=O)C[C@@H]1CCC[C@H](C(=O)Nc2cc(-c3cc(F)c4nc5n(c4c3)C(C)(C)CC5)c(Cl)cn2)C1.CC(=O)N[C@@H]1CC[C@H](C(=O)Nc2cc(-c3ccc4nc5n(c4c3)C(C)(C)CC5)c(Cl)cn2)C1.CC(O)CC(=O)C[C@@H]1CCC[C@H](C(=O)Nc2cc(-c3cc(F)c4nc5n(c4c3)C(C)(C)CC5)c(Cl)cn2)C1.CCC(=O)C[C@@H]1CCC[C@H](C(=O)Nc2cc(-c3cc(F)c4nc5n(c4c3)C(C)(C)CC5)c(Cl)cn2)C1. The molecular weight excluding hydrogens is 1890 g/mol. The van der Waals surface area contributed by atoms with Gasteiger partial charge in [0.25, 0.3) is 0 Å². The first-order valence-electron chi connectivity index (χ1n) is 50.0. The molecule has 20 rings (SSSR count). The first kappa shape index (κ1) is 102. The van der Waals surface area contributed by atoms with Crippen LogP contribution < -0.4 is 26.6 Å². The highest BCUT2D eigenvalue weighted by molar-refractivity contribution is 6.35. The van der Waals surface area contributed by atoms with Crippen LogP contribution in [0.2, 0.25) is 20.1 Å². The Hall–Kier alpha value is -11.4. The molecule has 8 aliphatic rings. The molecule has 0 bridgehead atoms. The van der Waals surface area contributed by atoms with Crippen molar-refractivity contribution < 1.29 is 56.6 Å². The molecule has 6 N–H and O–H groups in total. The van der Waals surface area contributed by atoms with Gasteiger partial charge < -0.3 is 54.8 Å². The molecular formula is C109H124Cl4F3N17O9. The largest absolute Gasteiger partial charge is 0.393 e. The second kappa shape index (κ2) is 41.8. The van der Waals surface area contributed by atoms with Crippen LogP contribution in [0.5, 0.6) is 0 Å². The highest BCUT2D eigenvalue weighted by atomic mass is 35.5. The summed E-state index contributed by atoms with van der Waals surface area (Å²) in [6.07, 6.45) is 27.1. The van der Waals surface area contributed by atoms with Gasteiger partial charge in [0.2, 0.25) is 29.5 Å². The Morgan fingerprint density at radius 2 is 0.732 bits per heavy atom. The molecule has 26 nitrogen and oxygen atoms in total. The summed E-state index contributed by atoms with van der Waals surface area (Å²) >= 11 is 26.0. The summed E-state index contributed by atoms with van der Waals surface area (Å²) in [6.45, 7) is 23.9. The van der Waals surface area contributed by atoms with Crippen LogP contribution in [0.3, 0.4) is 0 Å². The molecule has 0 radical (unpaired) electrons. The summed E-state index contributed by atoms with van der Waals surface area (Å²) in [5, 5.41) is 25.7. The number of pyridine rings is 4. The third-order valence-corrected chi connectivity index (χ3v) is 31.4. The Kier molecular flexibility index (Phi) is 30.0. The molecule has 12 aromatic rings. The van der Waals surface area contributed by atoms with E-state index in [9.17, 15) is 43.5 Å². The molecule has 748 valence electrons. The lowest BCUT2D eigenvalue weighted by atomic mass is 9.78. The van der Waals surface area contributed by atoms with E-state index in [0.29, 0.717) is 145 Å². The number of nitrogens with one attached hydrogen (secondary N) is 5. The van der Waals surface area contributed by atoms with E-state index in [-0.39, 0.29) is 123 Å². The molecule has 5 amide bonds. The zero-order valence-corrected chi connectivity index (χ0v) is 85.6. The molecule has 4 fully saturated rings. The monoisotopic (exact) mass is 2010 g/mol. The van der Waals surface area contributed by atoms with Crippen LogP contribution in [0.4, 0.5) is 36.4 Å². The van der Waals surface area contributed by atoms with E-state index in [0.717, 1.165) is 184 Å². The minimum absolute atomic E-state index is 0.0280. The van der Waals surface area contributed by atoms with Crippen molar-refractivity contribution in [3.63, 3.8) is 0 Å². The van der Waals surface area contributed by atoms with Crippen LogP contribution in [-0.4, -0.2) is 122 Å². The number of Topliss-reactive ketones (excluding diaryl/α,β-unsaturated/α-hetero) is 3. The summed E-state index contributed by atoms with van der Waals surface area (Å²) in [7, 11) is 0. The predicted octanol–water partition coefficient (Wildman–Crippen LogP) is 23.7. The van der Waals surface area contributed by atoms with Crippen LogP contribution in [-0.2, 0) is 86.2 Å². The minimum atomic E-state index is -0.647. The standard InChI is InChI=1S/C29H34ClFN4O3.C28H32ClFN4O2.C27H30ClFN4O2.C25H28ClN5O2/c1-16(36)9-20(37)11-17-5-4-6-18(10-17)28(38)33-25-14-21(22(30)15-32-25)19-12-23(31)27-24(13-19)35-26(34-27)7-8-29(35,2)3;1-4-19(35)11-16-6-5-7-17(10-16)27(36)32-24-14-20(21(29)15-31-24)18-12-22(30)26-23(13-18)34-25(33-26)8-9-28(34,2)3;1-15(34)9-16-5-4-6-17(10-16)26(35)31-23-13-19(20(28)14-30-23)18-11-21(29)25-22(12-18)33-24(32-25)7-8-27(33,2)3;1-14(32)28-17-6-4-16(10-17)24(33)30-22-12-18(19(26)13-27-22)15-5-7-20-21(11-15)31-23(29-20)8-9-25(31,2)3/h12-18,36H,4-11H2,1-3H3,(H,32,33,38);12-17H,4-11H2,1-3H3,(H,31,32,36);11-14,16-17H,4-10H2,1-3H3,(H,30,31,35);5,7,11-13,16-17H,4,6,8-10H2,1-3H3,(H,28,32)(H,27,30,33)/t16?,17-,18+;16-,17+;16-,17-;16-,17+/m1100/s1. The van der Waals surface area contributed by atoms with Gasteiger partial charge in [-0.25, -0.2) is 53.0 Å². The average molecular weight is 2020 g/mol. The molecule has 0 saturated heterocycles. The topological polar surface area (TPSA) is 340 Å². The Morgan fingerprint density at radius 1 is 0.408 bits per heavy atom. The Morgan fingerprint density at radius 3 is 1.08 bits per heavy atom. The second-order valence-corrected chi connectivity index (χ2v) is 44.6. The number of carbonyl (C=O) groups excluding carboxylic acids is 8. The number of halogens is 7. The van der Waals surface area contributed by atoms with Crippen molar-refractivity contribution in [1.82, 2.24) is 63.5 Å². The van der Waals surface area contributed by atoms with E-state index in [1.165, 1.54) is 43.7 Å². The minimum Gasteiger partial charge on any atom is -0.393 e. The Bertz CT molecular complexity index is 6980. The Labute approximate surface area is 844 Å². The van der Waals surface area contributed by atoms with Gasteiger partial charge in [-0.3, -0.25) is 33.6 Å². The first-order valence-corrected chi connectivity index (χ1v) is 51.5. The number of ketones is 3. The van der Waals surface area contributed by atoms with Crippen molar-refractivity contribution >= 4 is 161 Å². The van der Waals surface area contributed by atoms with Crippen molar-refractivity contribution in [3.8, 4) is 44.5 Å². The molecule has 4 saturated carbocycles. The number of aryl methyl sites for hydroxylation is 4. The molecule has 0 spiro atoms. The Balaban J connectivity index is 0.000000130. The number of carbonyl (C=O) groups is 8. The summed E-state index contributed by atoms with van der Waals surface area (Å²) < 4.78 is 54.1.